The van der Waals surface area contributed by atoms with Gasteiger partial charge in [0.25, 0.3) is 0 Å². The quantitative estimate of drug-likeness (QED) is 0.772. The summed E-state index contributed by atoms with van der Waals surface area (Å²) < 4.78 is 5.34. The molecule has 2 aliphatic rings. The zero-order valence-corrected chi connectivity index (χ0v) is 12.2. The van der Waals surface area contributed by atoms with E-state index < -0.39 is 0 Å². The van der Waals surface area contributed by atoms with Gasteiger partial charge >= 0.3 is 0 Å². The Bertz CT molecular complexity index is 292. The Labute approximate surface area is 116 Å². The van der Waals surface area contributed by atoms with E-state index in [0.717, 1.165) is 58.9 Å². The minimum Gasteiger partial charge on any atom is -0.379 e. The van der Waals surface area contributed by atoms with Crippen molar-refractivity contribution in [2.75, 3.05) is 52.5 Å². The number of nitrogens with one attached hydrogen (secondary N) is 1. The van der Waals surface area contributed by atoms with Gasteiger partial charge in [0.05, 0.1) is 19.3 Å². The Morgan fingerprint density at radius 3 is 2.74 bits per heavy atom. The third-order valence-corrected chi connectivity index (χ3v) is 4.33. The van der Waals surface area contributed by atoms with Gasteiger partial charge in [-0.05, 0) is 5.92 Å². The van der Waals surface area contributed by atoms with Gasteiger partial charge in [0.2, 0.25) is 5.91 Å². The molecule has 2 rings (SSSR count). The molecule has 2 heterocycles. The van der Waals surface area contributed by atoms with Crippen molar-refractivity contribution in [1.82, 2.24) is 15.1 Å². The number of carbonyl (C=O) groups excluding carboxylic acids is 1. The van der Waals surface area contributed by atoms with E-state index in [2.05, 4.69) is 24.1 Å². The summed E-state index contributed by atoms with van der Waals surface area (Å²) in [5.41, 5.74) is 0. The first-order chi connectivity index (χ1) is 9.22. The van der Waals surface area contributed by atoms with Crippen molar-refractivity contribution in [2.45, 2.75) is 26.3 Å². The lowest BCUT2D eigenvalue weighted by atomic mass is 9.96. The highest BCUT2D eigenvalue weighted by molar-refractivity contribution is 5.83. The smallest absolute Gasteiger partial charge is 0.240 e. The van der Waals surface area contributed by atoms with Crippen molar-refractivity contribution in [3.8, 4) is 0 Å². The second-order valence-electron chi connectivity index (χ2n) is 5.60. The highest BCUT2D eigenvalue weighted by atomic mass is 16.5. The molecule has 0 spiro atoms. The lowest BCUT2D eigenvalue weighted by Gasteiger charge is -2.37. The van der Waals surface area contributed by atoms with E-state index in [0.29, 0.717) is 5.92 Å². The molecule has 0 aromatic heterocycles. The van der Waals surface area contributed by atoms with Gasteiger partial charge in [0.15, 0.2) is 0 Å². The number of morpholine rings is 1. The average molecular weight is 269 g/mol. The molecule has 0 saturated carbocycles. The summed E-state index contributed by atoms with van der Waals surface area (Å²) >= 11 is 0. The van der Waals surface area contributed by atoms with E-state index in [1.807, 2.05) is 4.90 Å². The van der Waals surface area contributed by atoms with Crippen LogP contribution in [0.5, 0.6) is 0 Å². The van der Waals surface area contributed by atoms with Gasteiger partial charge in [-0.1, -0.05) is 20.3 Å². The number of piperazine rings is 1. The second-order valence-corrected chi connectivity index (χ2v) is 5.60. The van der Waals surface area contributed by atoms with Crippen molar-refractivity contribution in [3.63, 3.8) is 0 Å². The summed E-state index contributed by atoms with van der Waals surface area (Å²) in [4.78, 5) is 16.8. The van der Waals surface area contributed by atoms with Gasteiger partial charge < -0.3 is 15.0 Å². The van der Waals surface area contributed by atoms with Crippen molar-refractivity contribution in [3.05, 3.63) is 0 Å². The lowest BCUT2D eigenvalue weighted by Crippen LogP contribution is -2.58. The summed E-state index contributed by atoms with van der Waals surface area (Å²) in [6.45, 7) is 11.5. The standard InChI is InChI=1S/C14H27N3O2/c1-3-12(2)13-14(18)17(5-4-15-13)7-6-16-8-10-19-11-9-16/h12-13,15H,3-11H2,1-2H3/t12-,13-/m0/s1. The molecule has 110 valence electrons. The Kier molecular flexibility index (Phi) is 5.60. The highest BCUT2D eigenvalue weighted by Crippen LogP contribution is 2.13. The molecule has 0 aromatic carbocycles. The van der Waals surface area contributed by atoms with Crippen LogP contribution in [-0.4, -0.2) is 74.2 Å². The third-order valence-electron chi connectivity index (χ3n) is 4.33. The molecule has 0 aliphatic carbocycles. The number of hydrogen-bond acceptors (Lipinski definition) is 4. The molecule has 5 nitrogen and oxygen atoms in total. The number of amides is 1. The first kappa shape index (κ1) is 14.8. The third kappa shape index (κ3) is 3.91. The van der Waals surface area contributed by atoms with Crippen molar-refractivity contribution < 1.29 is 9.53 Å². The van der Waals surface area contributed by atoms with Gasteiger partial charge in [-0.25, -0.2) is 0 Å². The van der Waals surface area contributed by atoms with Crippen molar-refractivity contribution in [2.24, 2.45) is 5.92 Å². The van der Waals surface area contributed by atoms with E-state index in [1.165, 1.54) is 0 Å². The molecule has 0 unspecified atom stereocenters. The first-order valence-electron chi connectivity index (χ1n) is 7.54. The van der Waals surface area contributed by atoms with Gasteiger partial charge in [-0.2, -0.15) is 0 Å². The fourth-order valence-electron chi connectivity index (χ4n) is 2.74. The Morgan fingerprint density at radius 2 is 2.05 bits per heavy atom. The molecule has 2 fully saturated rings. The molecular weight excluding hydrogens is 242 g/mol. The van der Waals surface area contributed by atoms with Crippen LogP contribution in [-0.2, 0) is 9.53 Å². The molecule has 0 aromatic rings. The topological polar surface area (TPSA) is 44.8 Å². The van der Waals surface area contributed by atoms with Crippen LogP contribution in [0.3, 0.4) is 0 Å². The molecule has 2 aliphatic heterocycles. The monoisotopic (exact) mass is 269 g/mol. The summed E-state index contributed by atoms with van der Waals surface area (Å²) in [6, 6.07) is 0.0171. The molecule has 1 amide bonds. The lowest BCUT2D eigenvalue weighted by molar-refractivity contribution is -0.137. The van der Waals surface area contributed by atoms with Crippen LogP contribution in [0.15, 0.2) is 0 Å². The SMILES string of the molecule is CC[C@H](C)[C@@H]1NCCN(CCN2CCOCC2)C1=O. The average Bonchev–Trinajstić information content (AvgIpc) is 2.46. The molecular formula is C14H27N3O2. The zero-order valence-electron chi connectivity index (χ0n) is 12.2. The Balaban J connectivity index is 1.80. The molecule has 5 heteroatoms. The molecule has 0 bridgehead atoms. The van der Waals surface area contributed by atoms with Crippen LogP contribution in [0.25, 0.3) is 0 Å². The predicted octanol–water partition coefficient (Wildman–Crippen LogP) is 0.165. The zero-order chi connectivity index (χ0) is 13.7. The highest BCUT2D eigenvalue weighted by Gasteiger charge is 2.31. The normalized spacial score (nSPS) is 27.6. The van der Waals surface area contributed by atoms with E-state index in [4.69, 9.17) is 4.74 Å². The van der Waals surface area contributed by atoms with Gasteiger partial charge in [-0.3, -0.25) is 9.69 Å². The molecule has 1 N–H and O–H groups in total. The number of ether oxygens (including phenoxy) is 1. The summed E-state index contributed by atoms with van der Waals surface area (Å²) in [7, 11) is 0. The number of rotatable bonds is 5. The Morgan fingerprint density at radius 1 is 1.32 bits per heavy atom. The van der Waals surface area contributed by atoms with Crippen LogP contribution in [0, 0.1) is 5.92 Å². The number of hydrogen-bond donors (Lipinski definition) is 1. The van der Waals surface area contributed by atoms with Crippen LogP contribution < -0.4 is 5.32 Å². The maximum Gasteiger partial charge on any atom is 0.240 e. The van der Waals surface area contributed by atoms with E-state index >= 15 is 0 Å². The minimum absolute atomic E-state index is 0.0171. The minimum atomic E-state index is 0.0171. The second kappa shape index (κ2) is 7.22. The Hall–Kier alpha value is -0.650. The maximum absolute atomic E-state index is 12.4. The number of nitrogens with zero attached hydrogens (tertiary/aromatic N) is 2. The van der Waals surface area contributed by atoms with Gasteiger partial charge in [0, 0.05) is 39.3 Å². The van der Waals surface area contributed by atoms with E-state index in [-0.39, 0.29) is 11.9 Å². The van der Waals surface area contributed by atoms with E-state index in [1.54, 1.807) is 0 Å². The number of carbonyl (C=O) groups is 1. The predicted molar refractivity (Wildman–Crippen MR) is 75.1 cm³/mol. The molecule has 2 atom stereocenters. The van der Waals surface area contributed by atoms with Gasteiger partial charge in [0.1, 0.15) is 0 Å². The largest absolute Gasteiger partial charge is 0.379 e. The van der Waals surface area contributed by atoms with Crippen LogP contribution >= 0.6 is 0 Å². The fraction of sp³-hybridized carbons (Fsp3) is 0.929. The van der Waals surface area contributed by atoms with E-state index in [9.17, 15) is 4.79 Å². The summed E-state index contributed by atoms with van der Waals surface area (Å²) in [5.74, 6) is 0.701. The molecule has 19 heavy (non-hydrogen) atoms. The fourth-order valence-corrected chi connectivity index (χ4v) is 2.74. The van der Waals surface area contributed by atoms with Crippen LogP contribution in [0.2, 0.25) is 0 Å². The van der Waals surface area contributed by atoms with Crippen LogP contribution in [0.4, 0.5) is 0 Å². The molecule has 0 radical (unpaired) electrons. The van der Waals surface area contributed by atoms with Gasteiger partial charge in [-0.15, -0.1) is 0 Å². The molecule has 2 saturated heterocycles. The van der Waals surface area contributed by atoms with Crippen LogP contribution in [0.1, 0.15) is 20.3 Å². The summed E-state index contributed by atoms with van der Waals surface area (Å²) in [6.07, 6.45) is 1.04. The van der Waals surface area contributed by atoms with Crippen molar-refractivity contribution >= 4 is 5.91 Å². The summed E-state index contributed by atoms with van der Waals surface area (Å²) in [5, 5.41) is 3.36. The first-order valence-corrected chi connectivity index (χ1v) is 7.54. The van der Waals surface area contributed by atoms with Crippen molar-refractivity contribution in [1.29, 1.82) is 0 Å². The maximum atomic E-state index is 12.4.